The van der Waals surface area contributed by atoms with Crippen molar-refractivity contribution in [3.05, 3.63) is 65.7 Å². The van der Waals surface area contributed by atoms with Gasteiger partial charge in [0, 0.05) is 37.7 Å². The fraction of sp³-hybridized carbons (Fsp3) is 0.391. The number of aromatic nitrogens is 2. The molecule has 1 saturated carbocycles. The average molecular weight is 392 g/mol. The molecule has 2 aromatic carbocycles. The number of para-hydroxylation sites is 2. The highest BCUT2D eigenvalue weighted by molar-refractivity contribution is 5.81. The highest BCUT2D eigenvalue weighted by Gasteiger charge is 2.34. The summed E-state index contributed by atoms with van der Waals surface area (Å²) in [6.07, 6.45) is 2.11. The van der Waals surface area contributed by atoms with Gasteiger partial charge >= 0.3 is 0 Å². The number of carbonyl (C=O) groups is 1. The van der Waals surface area contributed by atoms with E-state index < -0.39 is 0 Å². The molecule has 1 saturated heterocycles. The first-order chi connectivity index (χ1) is 14.2. The molecule has 0 unspecified atom stereocenters. The Morgan fingerprint density at radius 3 is 2.45 bits per heavy atom. The number of carbonyl (C=O) groups excluding carboxylic acids is 1. The van der Waals surface area contributed by atoms with Gasteiger partial charge in [-0.1, -0.05) is 30.3 Å². The van der Waals surface area contributed by atoms with Crippen molar-refractivity contribution in [1.82, 2.24) is 19.4 Å². The summed E-state index contributed by atoms with van der Waals surface area (Å²) in [4.78, 5) is 21.5. The maximum absolute atomic E-state index is 14.3. The monoisotopic (exact) mass is 392 g/mol. The largest absolute Gasteiger partial charge is 0.340 e. The van der Waals surface area contributed by atoms with E-state index in [-0.39, 0.29) is 11.7 Å². The minimum Gasteiger partial charge on any atom is -0.340 e. The summed E-state index contributed by atoms with van der Waals surface area (Å²) in [7, 11) is 0. The lowest BCUT2D eigenvalue weighted by Gasteiger charge is -2.34. The van der Waals surface area contributed by atoms with Gasteiger partial charge in [0.25, 0.3) is 0 Å². The normalized spacial score (nSPS) is 17.8. The fourth-order valence-corrected chi connectivity index (χ4v) is 4.13. The summed E-state index contributed by atoms with van der Waals surface area (Å²) < 4.78 is 16.4. The topological polar surface area (TPSA) is 41.4 Å². The molecule has 1 aliphatic heterocycles. The van der Waals surface area contributed by atoms with Crippen LogP contribution < -0.4 is 0 Å². The van der Waals surface area contributed by atoms with Crippen molar-refractivity contribution in [2.24, 2.45) is 5.92 Å². The Hall–Kier alpha value is -2.73. The smallest absolute Gasteiger partial charge is 0.225 e. The van der Waals surface area contributed by atoms with Crippen molar-refractivity contribution in [2.45, 2.75) is 25.9 Å². The van der Waals surface area contributed by atoms with Gasteiger partial charge in [-0.2, -0.15) is 0 Å². The second-order valence-corrected chi connectivity index (χ2v) is 8.07. The molecule has 2 fully saturated rings. The lowest BCUT2D eigenvalue weighted by molar-refractivity contribution is -0.134. The SMILES string of the molecule is O=C(C1CC1)N1CCN(Cc2nc3ccccc3n2Cc2ccccc2F)CC1. The molecule has 2 aliphatic rings. The standard InChI is InChI=1S/C23H25FN4O/c24-19-6-2-1-5-18(19)15-28-21-8-4-3-7-20(21)25-22(28)16-26-11-13-27(14-12-26)23(29)17-9-10-17/h1-8,17H,9-16H2. The number of piperazine rings is 1. The Morgan fingerprint density at radius 1 is 0.966 bits per heavy atom. The zero-order valence-corrected chi connectivity index (χ0v) is 16.4. The molecule has 2 heterocycles. The summed E-state index contributed by atoms with van der Waals surface area (Å²) in [5.74, 6) is 1.36. The van der Waals surface area contributed by atoms with Crippen molar-refractivity contribution in [1.29, 1.82) is 0 Å². The molecule has 0 N–H and O–H groups in total. The molecule has 0 atom stereocenters. The Morgan fingerprint density at radius 2 is 1.69 bits per heavy atom. The molecular weight excluding hydrogens is 367 g/mol. The van der Waals surface area contributed by atoms with Crippen LogP contribution in [-0.4, -0.2) is 51.4 Å². The highest BCUT2D eigenvalue weighted by Crippen LogP contribution is 2.31. The summed E-state index contributed by atoms with van der Waals surface area (Å²) in [6, 6.07) is 14.9. The van der Waals surface area contributed by atoms with Gasteiger partial charge in [-0.3, -0.25) is 9.69 Å². The predicted octanol–water partition coefficient (Wildman–Crippen LogP) is 3.28. The summed E-state index contributed by atoms with van der Waals surface area (Å²) >= 11 is 0. The van der Waals surface area contributed by atoms with E-state index in [4.69, 9.17) is 4.98 Å². The molecule has 1 aromatic heterocycles. The van der Waals surface area contributed by atoms with Gasteiger partial charge in [0.1, 0.15) is 11.6 Å². The molecule has 1 amide bonds. The number of fused-ring (bicyclic) bond motifs is 1. The Balaban J connectivity index is 1.36. The first kappa shape index (κ1) is 18.3. The molecule has 0 spiro atoms. The van der Waals surface area contributed by atoms with Gasteiger partial charge in [0.2, 0.25) is 5.91 Å². The van der Waals surface area contributed by atoms with Gasteiger partial charge < -0.3 is 9.47 Å². The molecule has 5 nitrogen and oxygen atoms in total. The molecule has 3 aromatic rings. The van der Waals surface area contributed by atoms with Crippen molar-refractivity contribution in [3.63, 3.8) is 0 Å². The van der Waals surface area contributed by atoms with Crippen molar-refractivity contribution >= 4 is 16.9 Å². The molecule has 0 bridgehead atoms. The Kier molecular flexibility index (Phi) is 4.79. The molecule has 1 aliphatic carbocycles. The first-order valence-electron chi connectivity index (χ1n) is 10.4. The van der Waals surface area contributed by atoms with Crippen molar-refractivity contribution in [3.8, 4) is 0 Å². The molecule has 0 radical (unpaired) electrons. The maximum atomic E-state index is 14.3. The van der Waals surface area contributed by atoms with E-state index in [2.05, 4.69) is 9.47 Å². The van der Waals surface area contributed by atoms with E-state index >= 15 is 0 Å². The van der Waals surface area contributed by atoms with Crippen molar-refractivity contribution in [2.75, 3.05) is 26.2 Å². The zero-order chi connectivity index (χ0) is 19.8. The van der Waals surface area contributed by atoms with E-state index in [1.165, 1.54) is 6.07 Å². The van der Waals surface area contributed by atoms with E-state index in [0.717, 1.165) is 55.9 Å². The molecule has 29 heavy (non-hydrogen) atoms. The van der Waals surface area contributed by atoms with Crippen LogP contribution in [0.15, 0.2) is 48.5 Å². The lowest BCUT2D eigenvalue weighted by Crippen LogP contribution is -2.49. The van der Waals surface area contributed by atoms with E-state index in [1.54, 1.807) is 6.07 Å². The highest BCUT2D eigenvalue weighted by atomic mass is 19.1. The van der Waals surface area contributed by atoms with Gasteiger partial charge in [-0.05, 0) is 31.0 Å². The Bertz CT molecular complexity index is 1030. The number of hydrogen-bond donors (Lipinski definition) is 0. The maximum Gasteiger partial charge on any atom is 0.225 e. The molecular formula is C23H25FN4O. The third-order valence-corrected chi connectivity index (χ3v) is 6.00. The number of hydrogen-bond acceptors (Lipinski definition) is 3. The Labute approximate surface area is 169 Å². The van der Waals surface area contributed by atoms with Crippen LogP contribution >= 0.6 is 0 Å². The van der Waals surface area contributed by atoms with Crippen LogP contribution in [0.5, 0.6) is 0 Å². The van der Waals surface area contributed by atoms with E-state index in [9.17, 15) is 9.18 Å². The number of benzene rings is 2. The minimum absolute atomic E-state index is 0.191. The molecule has 6 heteroatoms. The van der Waals surface area contributed by atoms with Crippen LogP contribution in [0, 0.1) is 11.7 Å². The van der Waals surface area contributed by atoms with Crippen LogP contribution in [0.25, 0.3) is 11.0 Å². The second-order valence-electron chi connectivity index (χ2n) is 8.07. The van der Waals surface area contributed by atoms with Crippen LogP contribution in [0.2, 0.25) is 0 Å². The molecule has 150 valence electrons. The number of nitrogens with zero attached hydrogens (tertiary/aromatic N) is 4. The van der Waals surface area contributed by atoms with Gasteiger partial charge in [-0.15, -0.1) is 0 Å². The van der Waals surface area contributed by atoms with E-state index in [0.29, 0.717) is 24.6 Å². The average Bonchev–Trinajstić information content (AvgIpc) is 3.54. The lowest BCUT2D eigenvalue weighted by atomic mass is 10.2. The minimum atomic E-state index is -0.191. The second kappa shape index (κ2) is 7.59. The predicted molar refractivity (Wildman–Crippen MR) is 110 cm³/mol. The van der Waals surface area contributed by atoms with Gasteiger partial charge in [0.05, 0.1) is 24.1 Å². The number of halogens is 1. The first-order valence-corrected chi connectivity index (χ1v) is 10.4. The summed E-state index contributed by atoms with van der Waals surface area (Å²) in [6.45, 7) is 4.42. The third kappa shape index (κ3) is 3.77. The van der Waals surface area contributed by atoms with Crippen LogP contribution in [-0.2, 0) is 17.9 Å². The number of amides is 1. The van der Waals surface area contributed by atoms with Crippen LogP contribution in [0.4, 0.5) is 4.39 Å². The quantitative estimate of drug-likeness (QED) is 0.669. The fourth-order valence-electron chi connectivity index (χ4n) is 4.13. The molecule has 5 rings (SSSR count). The van der Waals surface area contributed by atoms with Crippen molar-refractivity contribution < 1.29 is 9.18 Å². The van der Waals surface area contributed by atoms with Gasteiger partial charge in [-0.25, -0.2) is 9.37 Å². The number of rotatable bonds is 5. The van der Waals surface area contributed by atoms with Gasteiger partial charge in [0.15, 0.2) is 0 Å². The third-order valence-electron chi connectivity index (χ3n) is 6.00. The zero-order valence-electron chi connectivity index (χ0n) is 16.4. The number of imidazole rings is 1. The summed E-state index contributed by atoms with van der Waals surface area (Å²) in [5.41, 5.74) is 2.62. The van der Waals surface area contributed by atoms with Crippen LogP contribution in [0.1, 0.15) is 24.2 Å². The van der Waals surface area contributed by atoms with E-state index in [1.807, 2.05) is 41.3 Å². The van der Waals surface area contributed by atoms with Crippen LogP contribution in [0.3, 0.4) is 0 Å². The summed E-state index contributed by atoms with van der Waals surface area (Å²) in [5, 5.41) is 0.